The number of nitrogens with one attached hydrogen (secondary N) is 2. The minimum absolute atomic E-state index is 0.222. The molecule has 0 radical (unpaired) electrons. The van der Waals surface area contributed by atoms with Crippen molar-refractivity contribution in [2.45, 2.75) is 26.3 Å². The minimum Gasteiger partial charge on any atom is -0.497 e. The number of hydrogen-bond donors (Lipinski definition) is 2. The number of aromatic nitrogens is 2. The molecule has 7 heteroatoms. The third-order valence-corrected chi connectivity index (χ3v) is 4.73. The fraction of sp³-hybridized carbons (Fsp3) is 0.304. The SMILES string of the molecule is CCCCOc1ccc(-c2[nH]ncc2C(=O)NCc2ccc(OC)cc2OC)cc1. The topological polar surface area (TPSA) is 85.5 Å². The maximum absolute atomic E-state index is 12.8. The lowest BCUT2D eigenvalue weighted by Crippen LogP contribution is -2.23. The number of H-pyrrole nitrogens is 1. The van der Waals surface area contributed by atoms with Gasteiger partial charge in [0, 0.05) is 23.7 Å². The normalized spacial score (nSPS) is 10.5. The first-order valence-electron chi connectivity index (χ1n) is 9.92. The highest BCUT2D eigenvalue weighted by Crippen LogP contribution is 2.26. The summed E-state index contributed by atoms with van der Waals surface area (Å²) < 4.78 is 16.3. The zero-order valence-corrected chi connectivity index (χ0v) is 17.5. The second-order valence-electron chi connectivity index (χ2n) is 6.75. The molecule has 0 aliphatic rings. The first-order valence-corrected chi connectivity index (χ1v) is 9.92. The van der Waals surface area contributed by atoms with Gasteiger partial charge in [-0.25, -0.2) is 0 Å². The predicted molar refractivity (Wildman–Crippen MR) is 115 cm³/mol. The number of carbonyl (C=O) groups is 1. The first-order chi connectivity index (χ1) is 14.7. The number of hydrogen-bond acceptors (Lipinski definition) is 5. The Morgan fingerprint density at radius 1 is 1.07 bits per heavy atom. The number of unbranched alkanes of at least 4 members (excludes halogenated alkanes) is 1. The Bertz CT molecular complexity index is 967. The quantitative estimate of drug-likeness (QED) is 0.490. The highest BCUT2D eigenvalue weighted by Gasteiger charge is 2.16. The van der Waals surface area contributed by atoms with Gasteiger partial charge in [-0.1, -0.05) is 13.3 Å². The highest BCUT2D eigenvalue weighted by atomic mass is 16.5. The Hall–Kier alpha value is -3.48. The van der Waals surface area contributed by atoms with Crippen molar-refractivity contribution in [3.05, 3.63) is 59.8 Å². The minimum atomic E-state index is -0.222. The molecule has 0 unspecified atom stereocenters. The van der Waals surface area contributed by atoms with Crippen LogP contribution < -0.4 is 19.5 Å². The molecule has 1 heterocycles. The molecule has 0 saturated heterocycles. The van der Waals surface area contributed by atoms with Gasteiger partial charge in [0.15, 0.2) is 0 Å². The van der Waals surface area contributed by atoms with E-state index in [9.17, 15) is 4.79 Å². The van der Waals surface area contributed by atoms with Gasteiger partial charge in [-0.15, -0.1) is 0 Å². The van der Waals surface area contributed by atoms with E-state index >= 15 is 0 Å². The molecule has 0 atom stereocenters. The lowest BCUT2D eigenvalue weighted by Gasteiger charge is -2.11. The molecule has 7 nitrogen and oxygen atoms in total. The van der Waals surface area contributed by atoms with Crippen LogP contribution in [0.2, 0.25) is 0 Å². The van der Waals surface area contributed by atoms with Crippen LogP contribution in [0.15, 0.2) is 48.7 Å². The summed E-state index contributed by atoms with van der Waals surface area (Å²) in [5.41, 5.74) is 2.85. The Morgan fingerprint density at radius 3 is 2.53 bits per heavy atom. The van der Waals surface area contributed by atoms with Crippen molar-refractivity contribution in [1.82, 2.24) is 15.5 Å². The van der Waals surface area contributed by atoms with Gasteiger partial charge in [0.05, 0.1) is 38.3 Å². The van der Waals surface area contributed by atoms with Crippen LogP contribution in [-0.2, 0) is 6.54 Å². The standard InChI is InChI=1S/C23H27N3O4/c1-4-5-12-30-18-9-6-16(7-10-18)22-20(15-25-26-22)23(27)24-14-17-8-11-19(28-2)13-21(17)29-3/h6-11,13,15H,4-5,12,14H2,1-3H3,(H,24,27)(H,25,26). The maximum atomic E-state index is 12.8. The molecule has 0 bridgehead atoms. The summed E-state index contributed by atoms with van der Waals surface area (Å²) in [6, 6.07) is 13.1. The Kier molecular flexibility index (Phi) is 7.32. The van der Waals surface area contributed by atoms with E-state index in [-0.39, 0.29) is 5.91 Å². The van der Waals surface area contributed by atoms with Crippen molar-refractivity contribution >= 4 is 5.91 Å². The van der Waals surface area contributed by atoms with Crippen LogP contribution >= 0.6 is 0 Å². The van der Waals surface area contributed by atoms with Crippen LogP contribution in [0.5, 0.6) is 17.2 Å². The molecule has 2 aromatic carbocycles. The largest absolute Gasteiger partial charge is 0.497 e. The zero-order valence-electron chi connectivity index (χ0n) is 17.5. The second kappa shape index (κ2) is 10.3. The third-order valence-electron chi connectivity index (χ3n) is 4.73. The van der Waals surface area contributed by atoms with E-state index in [1.54, 1.807) is 20.3 Å². The van der Waals surface area contributed by atoms with Crippen molar-refractivity contribution in [1.29, 1.82) is 0 Å². The Labute approximate surface area is 176 Å². The van der Waals surface area contributed by atoms with Gasteiger partial charge < -0.3 is 19.5 Å². The lowest BCUT2D eigenvalue weighted by molar-refractivity contribution is 0.0951. The lowest BCUT2D eigenvalue weighted by atomic mass is 10.1. The summed E-state index contributed by atoms with van der Waals surface area (Å²) in [6.45, 7) is 3.14. The Balaban J connectivity index is 1.68. The highest BCUT2D eigenvalue weighted by molar-refractivity contribution is 5.99. The molecule has 0 spiro atoms. The number of ether oxygens (including phenoxy) is 3. The van der Waals surface area contributed by atoms with Crippen LogP contribution in [0.3, 0.4) is 0 Å². The molecule has 0 aliphatic carbocycles. The Morgan fingerprint density at radius 2 is 1.83 bits per heavy atom. The summed E-state index contributed by atoms with van der Waals surface area (Å²) in [4.78, 5) is 12.8. The predicted octanol–water partition coefficient (Wildman–Crippen LogP) is 4.20. The van der Waals surface area contributed by atoms with E-state index in [4.69, 9.17) is 14.2 Å². The number of methoxy groups -OCH3 is 2. The summed E-state index contributed by atoms with van der Waals surface area (Å²) in [6.07, 6.45) is 3.64. The molecule has 1 aromatic heterocycles. The molecular formula is C23H27N3O4. The van der Waals surface area contributed by atoms with Crippen LogP contribution in [0.1, 0.15) is 35.7 Å². The number of benzene rings is 2. The van der Waals surface area contributed by atoms with Crippen LogP contribution in [-0.4, -0.2) is 36.9 Å². The number of amides is 1. The molecule has 0 aliphatic heterocycles. The molecule has 1 amide bonds. The van der Waals surface area contributed by atoms with Crippen LogP contribution in [0.25, 0.3) is 11.3 Å². The van der Waals surface area contributed by atoms with E-state index < -0.39 is 0 Å². The van der Waals surface area contributed by atoms with Gasteiger partial charge in [-0.05, 0) is 42.8 Å². The summed E-state index contributed by atoms with van der Waals surface area (Å²) in [5.74, 6) is 1.94. The van der Waals surface area contributed by atoms with Crippen molar-refractivity contribution in [2.75, 3.05) is 20.8 Å². The molecule has 0 fully saturated rings. The van der Waals surface area contributed by atoms with E-state index in [0.717, 1.165) is 29.7 Å². The number of rotatable bonds is 10. The van der Waals surface area contributed by atoms with Crippen molar-refractivity contribution < 1.29 is 19.0 Å². The van der Waals surface area contributed by atoms with Gasteiger partial charge in [-0.3, -0.25) is 9.89 Å². The number of nitrogens with zero attached hydrogens (tertiary/aromatic N) is 1. The maximum Gasteiger partial charge on any atom is 0.255 e. The molecule has 30 heavy (non-hydrogen) atoms. The second-order valence-corrected chi connectivity index (χ2v) is 6.75. The van der Waals surface area contributed by atoms with E-state index in [2.05, 4.69) is 22.4 Å². The van der Waals surface area contributed by atoms with E-state index in [1.807, 2.05) is 36.4 Å². The summed E-state index contributed by atoms with van der Waals surface area (Å²) in [7, 11) is 3.18. The van der Waals surface area contributed by atoms with E-state index in [1.165, 1.54) is 6.20 Å². The molecular weight excluding hydrogens is 382 g/mol. The summed E-state index contributed by atoms with van der Waals surface area (Å²) >= 11 is 0. The van der Waals surface area contributed by atoms with Gasteiger partial charge in [0.2, 0.25) is 0 Å². The first kappa shape index (κ1) is 21.2. The van der Waals surface area contributed by atoms with Crippen LogP contribution in [0.4, 0.5) is 0 Å². The average Bonchev–Trinajstić information content (AvgIpc) is 3.28. The fourth-order valence-electron chi connectivity index (χ4n) is 3.00. The molecule has 3 aromatic rings. The van der Waals surface area contributed by atoms with E-state index in [0.29, 0.717) is 35.9 Å². The van der Waals surface area contributed by atoms with Gasteiger partial charge >= 0.3 is 0 Å². The van der Waals surface area contributed by atoms with Crippen molar-refractivity contribution in [3.8, 4) is 28.5 Å². The third kappa shape index (κ3) is 5.11. The van der Waals surface area contributed by atoms with Crippen LogP contribution in [0, 0.1) is 0 Å². The monoisotopic (exact) mass is 409 g/mol. The fourth-order valence-corrected chi connectivity index (χ4v) is 3.00. The van der Waals surface area contributed by atoms with Gasteiger partial charge in [-0.2, -0.15) is 5.10 Å². The molecule has 0 saturated carbocycles. The molecule has 2 N–H and O–H groups in total. The van der Waals surface area contributed by atoms with Crippen molar-refractivity contribution in [2.24, 2.45) is 0 Å². The number of carbonyl (C=O) groups excluding carboxylic acids is 1. The smallest absolute Gasteiger partial charge is 0.255 e. The average molecular weight is 409 g/mol. The number of aromatic amines is 1. The molecule has 3 rings (SSSR count). The van der Waals surface area contributed by atoms with Gasteiger partial charge in [0.25, 0.3) is 5.91 Å². The zero-order chi connectivity index (χ0) is 21.3. The molecule has 158 valence electrons. The van der Waals surface area contributed by atoms with Crippen molar-refractivity contribution in [3.63, 3.8) is 0 Å². The van der Waals surface area contributed by atoms with Gasteiger partial charge in [0.1, 0.15) is 17.2 Å². The summed E-state index contributed by atoms with van der Waals surface area (Å²) in [5, 5.41) is 9.90.